The first-order chi connectivity index (χ1) is 10.6. The predicted molar refractivity (Wildman–Crippen MR) is 89.7 cm³/mol. The first-order valence-electron chi connectivity index (χ1n) is 7.90. The zero-order chi connectivity index (χ0) is 15.5. The number of anilines is 1. The second-order valence-corrected chi connectivity index (χ2v) is 6.38. The number of ether oxygens (including phenoxy) is 1. The minimum absolute atomic E-state index is 0.107. The Bertz CT molecular complexity index is 625. The van der Waals surface area contributed by atoms with E-state index in [1.54, 1.807) is 12.1 Å². The lowest BCUT2D eigenvalue weighted by Gasteiger charge is -2.37. The van der Waals surface area contributed by atoms with E-state index in [4.69, 9.17) is 4.74 Å². The third kappa shape index (κ3) is 3.35. The van der Waals surface area contributed by atoms with Gasteiger partial charge in [0.25, 0.3) is 0 Å². The average molecular weight is 297 g/mol. The molecule has 3 nitrogen and oxygen atoms in total. The lowest BCUT2D eigenvalue weighted by Crippen LogP contribution is -2.42. The van der Waals surface area contributed by atoms with Gasteiger partial charge in [-0.3, -0.25) is 0 Å². The first-order valence-corrected chi connectivity index (χ1v) is 7.90. The number of hydrogen-bond acceptors (Lipinski definition) is 3. The highest BCUT2D eigenvalue weighted by molar-refractivity contribution is 5.62. The molecule has 1 N–H and O–H groups in total. The number of phenolic OH excluding ortho intramolecular Hbond substituents is 1. The Morgan fingerprint density at radius 2 is 1.95 bits per heavy atom. The second kappa shape index (κ2) is 6.30. The van der Waals surface area contributed by atoms with Crippen molar-refractivity contribution in [3.8, 4) is 11.5 Å². The molecule has 0 aromatic heterocycles. The fraction of sp³-hybridized carbons (Fsp3) is 0.368. The molecule has 0 radical (unpaired) electrons. The zero-order valence-corrected chi connectivity index (χ0v) is 13.2. The largest absolute Gasteiger partial charge is 0.508 e. The fourth-order valence-corrected chi connectivity index (χ4v) is 3.02. The summed E-state index contributed by atoms with van der Waals surface area (Å²) in [4.78, 5) is 2.37. The summed E-state index contributed by atoms with van der Waals surface area (Å²) in [5, 5.41) is 9.73. The molecule has 1 unspecified atom stereocenters. The van der Waals surface area contributed by atoms with Gasteiger partial charge in [-0.25, -0.2) is 0 Å². The van der Waals surface area contributed by atoms with Crippen LogP contribution in [0.15, 0.2) is 48.5 Å². The first kappa shape index (κ1) is 14.8. The molecule has 0 saturated heterocycles. The van der Waals surface area contributed by atoms with Gasteiger partial charge in [-0.15, -0.1) is 0 Å². The molecule has 1 aliphatic heterocycles. The number of rotatable bonds is 4. The number of nitrogens with zero attached hydrogens (tertiary/aromatic N) is 1. The Balaban J connectivity index is 1.83. The van der Waals surface area contributed by atoms with Crippen LogP contribution in [0.4, 0.5) is 5.69 Å². The maximum atomic E-state index is 9.73. The van der Waals surface area contributed by atoms with Crippen LogP contribution < -0.4 is 9.64 Å². The molecule has 2 aromatic carbocycles. The van der Waals surface area contributed by atoms with E-state index in [1.807, 2.05) is 12.1 Å². The highest BCUT2D eigenvalue weighted by Crippen LogP contribution is 2.37. The van der Waals surface area contributed by atoms with Crippen molar-refractivity contribution in [2.24, 2.45) is 5.92 Å². The molecule has 22 heavy (non-hydrogen) atoms. The highest BCUT2D eigenvalue weighted by Gasteiger charge is 2.26. The van der Waals surface area contributed by atoms with Crippen LogP contribution in [0.5, 0.6) is 11.5 Å². The van der Waals surface area contributed by atoms with Crippen molar-refractivity contribution in [2.75, 3.05) is 18.0 Å². The fourth-order valence-electron chi connectivity index (χ4n) is 3.02. The molecular weight excluding hydrogens is 274 g/mol. The maximum Gasteiger partial charge on any atom is 0.146 e. The van der Waals surface area contributed by atoms with Gasteiger partial charge in [-0.1, -0.05) is 44.2 Å². The Kier molecular flexibility index (Phi) is 4.23. The highest BCUT2D eigenvalue weighted by atomic mass is 16.5. The average Bonchev–Trinajstić information content (AvgIpc) is 2.47. The Hall–Kier alpha value is -2.16. The third-order valence-electron chi connectivity index (χ3n) is 3.89. The number of phenols is 1. The van der Waals surface area contributed by atoms with E-state index >= 15 is 0 Å². The lowest BCUT2D eigenvalue weighted by molar-refractivity contribution is 0.191. The molecule has 3 heteroatoms. The molecule has 0 fully saturated rings. The van der Waals surface area contributed by atoms with E-state index < -0.39 is 0 Å². The van der Waals surface area contributed by atoms with Gasteiger partial charge >= 0.3 is 0 Å². The molecule has 0 amide bonds. The SMILES string of the molecule is CC(C)CN1CC(Cc2ccccc2)Oc2cc(O)ccc21. The van der Waals surface area contributed by atoms with Crippen LogP contribution >= 0.6 is 0 Å². The van der Waals surface area contributed by atoms with Gasteiger partial charge in [0.05, 0.1) is 12.2 Å². The van der Waals surface area contributed by atoms with Gasteiger partial charge < -0.3 is 14.7 Å². The summed E-state index contributed by atoms with van der Waals surface area (Å²) in [6.07, 6.45) is 0.986. The van der Waals surface area contributed by atoms with Crippen molar-refractivity contribution in [3.63, 3.8) is 0 Å². The molecule has 1 atom stereocenters. The summed E-state index contributed by atoms with van der Waals surface area (Å²) in [6.45, 7) is 6.32. The monoisotopic (exact) mass is 297 g/mol. The Labute approximate surface area is 132 Å². The summed E-state index contributed by atoms with van der Waals surface area (Å²) in [7, 11) is 0. The van der Waals surface area contributed by atoms with Gasteiger partial charge in [-0.05, 0) is 23.6 Å². The van der Waals surface area contributed by atoms with Gasteiger partial charge in [0, 0.05) is 19.0 Å². The van der Waals surface area contributed by atoms with Crippen LogP contribution in [-0.2, 0) is 6.42 Å². The molecule has 1 heterocycles. The van der Waals surface area contributed by atoms with Crippen molar-refractivity contribution >= 4 is 5.69 Å². The molecule has 1 aliphatic rings. The normalized spacial score (nSPS) is 17.2. The standard InChI is InChI=1S/C19H23NO2/c1-14(2)12-20-13-17(10-15-6-4-3-5-7-15)22-19-11-16(21)8-9-18(19)20/h3-9,11,14,17,21H,10,12-13H2,1-2H3. The molecular formula is C19H23NO2. The van der Waals surface area contributed by atoms with E-state index in [-0.39, 0.29) is 11.9 Å². The van der Waals surface area contributed by atoms with E-state index in [2.05, 4.69) is 43.0 Å². The number of hydrogen-bond donors (Lipinski definition) is 1. The van der Waals surface area contributed by atoms with E-state index in [9.17, 15) is 5.11 Å². The molecule has 116 valence electrons. The molecule has 0 aliphatic carbocycles. The zero-order valence-electron chi connectivity index (χ0n) is 13.2. The van der Waals surface area contributed by atoms with Gasteiger partial charge in [0.15, 0.2) is 0 Å². The van der Waals surface area contributed by atoms with Crippen molar-refractivity contribution in [1.82, 2.24) is 0 Å². The van der Waals surface area contributed by atoms with Crippen molar-refractivity contribution in [2.45, 2.75) is 26.4 Å². The topological polar surface area (TPSA) is 32.7 Å². The molecule has 0 saturated carbocycles. The Morgan fingerprint density at radius 1 is 1.18 bits per heavy atom. The molecule has 0 bridgehead atoms. The maximum absolute atomic E-state index is 9.73. The van der Waals surface area contributed by atoms with E-state index in [1.165, 1.54) is 5.56 Å². The van der Waals surface area contributed by atoms with Gasteiger partial charge in [0.2, 0.25) is 0 Å². The van der Waals surface area contributed by atoms with Gasteiger partial charge in [-0.2, -0.15) is 0 Å². The van der Waals surface area contributed by atoms with Crippen LogP contribution in [0.25, 0.3) is 0 Å². The van der Waals surface area contributed by atoms with Crippen LogP contribution in [0, 0.1) is 5.92 Å². The van der Waals surface area contributed by atoms with E-state index in [0.717, 1.165) is 30.9 Å². The lowest BCUT2D eigenvalue weighted by atomic mass is 10.0. The third-order valence-corrected chi connectivity index (χ3v) is 3.89. The number of benzene rings is 2. The summed E-state index contributed by atoms with van der Waals surface area (Å²) in [5.74, 6) is 1.62. The van der Waals surface area contributed by atoms with E-state index in [0.29, 0.717) is 5.92 Å². The molecule has 2 aromatic rings. The summed E-state index contributed by atoms with van der Waals surface area (Å²) < 4.78 is 6.13. The smallest absolute Gasteiger partial charge is 0.146 e. The second-order valence-electron chi connectivity index (χ2n) is 6.38. The van der Waals surface area contributed by atoms with Crippen LogP contribution in [-0.4, -0.2) is 24.3 Å². The van der Waals surface area contributed by atoms with Crippen LogP contribution in [0.2, 0.25) is 0 Å². The predicted octanol–water partition coefficient (Wildman–Crippen LogP) is 3.86. The molecule has 0 spiro atoms. The number of aromatic hydroxyl groups is 1. The van der Waals surface area contributed by atoms with Crippen molar-refractivity contribution < 1.29 is 9.84 Å². The summed E-state index contributed by atoms with van der Waals surface area (Å²) in [5.41, 5.74) is 2.36. The quantitative estimate of drug-likeness (QED) is 0.930. The van der Waals surface area contributed by atoms with Crippen molar-refractivity contribution in [1.29, 1.82) is 0 Å². The van der Waals surface area contributed by atoms with Crippen molar-refractivity contribution in [3.05, 3.63) is 54.1 Å². The summed E-state index contributed by atoms with van der Waals surface area (Å²) >= 11 is 0. The van der Waals surface area contributed by atoms with Gasteiger partial charge in [0.1, 0.15) is 17.6 Å². The number of fused-ring (bicyclic) bond motifs is 1. The van der Waals surface area contributed by atoms with Crippen LogP contribution in [0.3, 0.4) is 0 Å². The minimum Gasteiger partial charge on any atom is -0.508 e. The van der Waals surface area contributed by atoms with Crippen LogP contribution in [0.1, 0.15) is 19.4 Å². The summed E-state index contributed by atoms with van der Waals surface area (Å²) in [6, 6.07) is 15.8. The Morgan fingerprint density at radius 3 is 2.68 bits per heavy atom. The minimum atomic E-state index is 0.107. The molecule has 3 rings (SSSR count).